The minimum absolute atomic E-state index is 0.210. The zero-order valence-electron chi connectivity index (χ0n) is 17.0. The van der Waals surface area contributed by atoms with Crippen LogP contribution in [0.25, 0.3) is 16.8 Å². The number of methoxy groups -OCH3 is 1. The zero-order chi connectivity index (χ0) is 22.0. The van der Waals surface area contributed by atoms with E-state index >= 15 is 0 Å². The highest BCUT2D eigenvalue weighted by Gasteiger charge is 2.35. The smallest absolute Gasteiger partial charge is 0.308 e. The van der Waals surface area contributed by atoms with Gasteiger partial charge >= 0.3 is 5.97 Å². The predicted octanol–water partition coefficient (Wildman–Crippen LogP) is 5.01. The van der Waals surface area contributed by atoms with Gasteiger partial charge in [0, 0.05) is 6.92 Å². The number of benzene rings is 3. The molecule has 156 valence electrons. The molecule has 0 spiro atoms. The van der Waals surface area contributed by atoms with Crippen molar-refractivity contribution in [3.8, 4) is 11.5 Å². The number of hydrogen-bond donors (Lipinski definition) is 0. The number of ether oxygens (including phenoxy) is 2. The van der Waals surface area contributed by atoms with Crippen molar-refractivity contribution in [2.75, 3.05) is 7.11 Å². The Balaban J connectivity index is 1.56. The second kappa shape index (κ2) is 8.65. The summed E-state index contributed by atoms with van der Waals surface area (Å²) >= 11 is 0.900. The monoisotopic (exact) mass is 433 g/mol. The van der Waals surface area contributed by atoms with Crippen LogP contribution in [0.5, 0.6) is 11.5 Å². The number of esters is 1. The Morgan fingerprint density at radius 3 is 2.52 bits per heavy atom. The van der Waals surface area contributed by atoms with E-state index in [1.165, 1.54) is 18.9 Å². The molecular weight excluding hydrogens is 414 g/mol. The lowest BCUT2D eigenvalue weighted by molar-refractivity contribution is -0.132. The Bertz CT molecular complexity index is 1230. The number of imide groups is 1. The van der Waals surface area contributed by atoms with E-state index in [4.69, 9.17) is 9.47 Å². The van der Waals surface area contributed by atoms with Crippen molar-refractivity contribution in [3.05, 3.63) is 76.7 Å². The zero-order valence-corrected chi connectivity index (χ0v) is 17.8. The van der Waals surface area contributed by atoms with E-state index in [9.17, 15) is 14.4 Å². The minimum atomic E-state index is -0.458. The average Bonchev–Trinajstić information content (AvgIpc) is 3.01. The van der Waals surface area contributed by atoms with Gasteiger partial charge in [-0.05, 0) is 57.9 Å². The Morgan fingerprint density at radius 2 is 1.77 bits per heavy atom. The van der Waals surface area contributed by atoms with E-state index in [1.807, 2.05) is 42.5 Å². The van der Waals surface area contributed by atoms with Crippen LogP contribution in [0.3, 0.4) is 0 Å². The first-order valence-corrected chi connectivity index (χ1v) is 10.4. The van der Waals surface area contributed by atoms with Gasteiger partial charge in [0.2, 0.25) is 0 Å². The summed E-state index contributed by atoms with van der Waals surface area (Å²) in [4.78, 5) is 38.1. The van der Waals surface area contributed by atoms with Crippen LogP contribution in [0.2, 0.25) is 0 Å². The van der Waals surface area contributed by atoms with Crippen molar-refractivity contribution in [1.29, 1.82) is 0 Å². The van der Waals surface area contributed by atoms with Gasteiger partial charge in [0.15, 0.2) is 11.5 Å². The molecule has 0 aliphatic carbocycles. The van der Waals surface area contributed by atoms with Gasteiger partial charge in [0.1, 0.15) is 0 Å². The molecule has 2 amide bonds. The largest absolute Gasteiger partial charge is 0.493 e. The molecule has 0 aromatic heterocycles. The molecule has 7 heteroatoms. The summed E-state index contributed by atoms with van der Waals surface area (Å²) in [6.07, 6.45) is 1.63. The number of amides is 2. The van der Waals surface area contributed by atoms with E-state index in [2.05, 4.69) is 0 Å². The van der Waals surface area contributed by atoms with E-state index < -0.39 is 5.97 Å². The molecule has 1 aliphatic heterocycles. The molecule has 0 unspecified atom stereocenters. The maximum absolute atomic E-state index is 12.9. The molecule has 3 aromatic carbocycles. The van der Waals surface area contributed by atoms with Gasteiger partial charge < -0.3 is 9.47 Å². The quantitative estimate of drug-likeness (QED) is 0.320. The van der Waals surface area contributed by atoms with Crippen molar-refractivity contribution >= 4 is 45.7 Å². The molecule has 4 rings (SSSR count). The van der Waals surface area contributed by atoms with Gasteiger partial charge in [0.05, 0.1) is 18.6 Å². The first-order valence-electron chi connectivity index (χ1n) is 9.54. The normalized spacial score (nSPS) is 15.0. The van der Waals surface area contributed by atoms with Crippen LogP contribution in [0.4, 0.5) is 4.79 Å². The fourth-order valence-electron chi connectivity index (χ4n) is 3.32. The Morgan fingerprint density at radius 1 is 1.00 bits per heavy atom. The number of thioether (sulfide) groups is 1. The van der Waals surface area contributed by atoms with Crippen LogP contribution in [0.15, 0.2) is 65.6 Å². The van der Waals surface area contributed by atoms with Crippen LogP contribution in [0.1, 0.15) is 18.1 Å². The summed E-state index contributed by atoms with van der Waals surface area (Å²) in [6.45, 7) is 1.51. The molecule has 0 saturated carbocycles. The van der Waals surface area contributed by atoms with Gasteiger partial charge in [-0.25, -0.2) is 0 Å². The lowest BCUT2D eigenvalue weighted by atomic mass is 10.1. The summed E-state index contributed by atoms with van der Waals surface area (Å²) < 4.78 is 10.4. The average molecular weight is 433 g/mol. The number of hydrogen-bond acceptors (Lipinski definition) is 6. The van der Waals surface area contributed by atoms with E-state index in [0.29, 0.717) is 16.2 Å². The minimum Gasteiger partial charge on any atom is -0.493 e. The molecule has 1 fully saturated rings. The molecule has 3 aromatic rings. The molecule has 1 aliphatic rings. The molecule has 0 N–H and O–H groups in total. The maximum Gasteiger partial charge on any atom is 0.308 e. The molecule has 0 bridgehead atoms. The van der Waals surface area contributed by atoms with Gasteiger partial charge in [-0.2, -0.15) is 0 Å². The van der Waals surface area contributed by atoms with Crippen molar-refractivity contribution < 1.29 is 23.9 Å². The van der Waals surface area contributed by atoms with Crippen LogP contribution in [-0.2, 0) is 16.1 Å². The fraction of sp³-hybridized carbons (Fsp3) is 0.125. The highest BCUT2D eigenvalue weighted by molar-refractivity contribution is 8.18. The summed E-state index contributed by atoms with van der Waals surface area (Å²) in [6, 6.07) is 18.8. The van der Waals surface area contributed by atoms with Gasteiger partial charge in [-0.3, -0.25) is 19.3 Å². The number of fused-ring (bicyclic) bond motifs is 1. The highest BCUT2D eigenvalue weighted by atomic mass is 32.2. The lowest BCUT2D eigenvalue weighted by Gasteiger charge is -2.13. The van der Waals surface area contributed by atoms with Crippen molar-refractivity contribution in [2.45, 2.75) is 13.5 Å². The van der Waals surface area contributed by atoms with E-state index in [0.717, 1.165) is 28.1 Å². The summed E-state index contributed by atoms with van der Waals surface area (Å²) in [7, 11) is 1.46. The topological polar surface area (TPSA) is 72.9 Å². The predicted molar refractivity (Wildman–Crippen MR) is 120 cm³/mol. The Kier molecular flexibility index (Phi) is 5.77. The second-order valence-corrected chi connectivity index (χ2v) is 7.95. The molecule has 0 atom stereocenters. The molecule has 1 saturated heterocycles. The fourth-order valence-corrected chi connectivity index (χ4v) is 4.16. The lowest BCUT2D eigenvalue weighted by Crippen LogP contribution is -2.27. The second-order valence-electron chi connectivity index (χ2n) is 6.95. The first kappa shape index (κ1) is 20.7. The van der Waals surface area contributed by atoms with Crippen molar-refractivity contribution in [3.63, 3.8) is 0 Å². The van der Waals surface area contributed by atoms with Crippen LogP contribution in [0, 0.1) is 0 Å². The molecule has 6 nitrogen and oxygen atoms in total. The number of carbonyl (C=O) groups excluding carboxylic acids is 3. The first-order chi connectivity index (χ1) is 14.9. The van der Waals surface area contributed by atoms with Gasteiger partial charge in [-0.1, -0.05) is 42.5 Å². The number of carbonyl (C=O) groups is 3. The summed E-state index contributed by atoms with van der Waals surface area (Å²) in [5, 5.41) is 1.85. The number of rotatable bonds is 5. The maximum atomic E-state index is 12.9. The van der Waals surface area contributed by atoms with Gasteiger partial charge in [-0.15, -0.1) is 0 Å². The standard InChI is InChI=1S/C24H19NO5S/c1-15(26)30-20-10-8-16(12-21(20)29-2)13-22-23(27)25(24(28)31-22)14-17-7-9-18-5-3-4-6-19(18)11-17/h3-13H,14H2,1-2H3/b22-13-. The third-order valence-corrected chi connectivity index (χ3v) is 5.67. The Labute approximate surface area is 183 Å². The third kappa shape index (κ3) is 4.46. The Hall–Kier alpha value is -3.58. The molecule has 31 heavy (non-hydrogen) atoms. The van der Waals surface area contributed by atoms with Crippen LogP contribution >= 0.6 is 11.8 Å². The molecular formula is C24H19NO5S. The van der Waals surface area contributed by atoms with Crippen molar-refractivity contribution in [1.82, 2.24) is 4.90 Å². The van der Waals surface area contributed by atoms with E-state index in [-0.39, 0.29) is 23.4 Å². The number of nitrogens with zero attached hydrogens (tertiary/aromatic N) is 1. The summed E-state index contributed by atoms with van der Waals surface area (Å²) in [5.74, 6) is -0.150. The highest BCUT2D eigenvalue weighted by Crippen LogP contribution is 2.35. The van der Waals surface area contributed by atoms with Crippen LogP contribution < -0.4 is 9.47 Å². The summed E-state index contributed by atoms with van der Waals surface area (Å²) in [5.41, 5.74) is 1.54. The van der Waals surface area contributed by atoms with Crippen molar-refractivity contribution in [2.24, 2.45) is 0 Å². The van der Waals surface area contributed by atoms with Gasteiger partial charge in [0.25, 0.3) is 11.1 Å². The molecule has 1 heterocycles. The SMILES string of the molecule is COc1cc(/C=C2\SC(=O)N(Cc3ccc4ccccc4c3)C2=O)ccc1OC(C)=O. The van der Waals surface area contributed by atoms with E-state index in [1.54, 1.807) is 24.3 Å². The molecule has 0 radical (unpaired) electrons. The van der Waals surface area contributed by atoms with Crippen LogP contribution in [-0.4, -0.2) is 29.1 Å². The third-order valence-electron chi connectivity index (χ3n) is 4.77.